The third kappa shape index (κ3) is 3.35. The van der Waals surface area contributed by atoms with Crippen molar-refractivity contribution in [2.24, 2.45) is 0 Å². The van der Waals surface area contributed by atoms with Gasteiger partial charge in [0.05, 0.1) is 36.1 Å². The van der Waals surface area contributed by atoms with Gasteiger partial charge in [0.2, 0.25) is 0 Å². The maximum Gasteiger partial charge on any atom is 0.182 e. The number of rotatable bonds is 4. The summed E-state index contributed by atoms with van der Waals surface area (Å²) >= 11 is -1.39. The van der Waals surface area contributed by atoms with E-state index in [0.717, 1.165) is 48.5 Å². The lowest BCUT2D eigenvalue weighted by atomic mass is 10.2. The van der Waals surface area contributed by atoms with Crippen molar-refractivity contribution in [2.45, 2.75) is 4.90 Å². The van der Waals surface area contributed by atoms with Crippen LogP contribution < -0.4 is 15.0 Å². The van der Waals surface area contributed by atoms with Gasteiger partial charge in [-0.3, -0.25) is 0 Å². The maximum absolute atomic E-state index is 13.2. The van der Waals surface area contributed by atoms with E-state index in [1.807, 2.05) is 36.4 Å². The standard InChI is InChI=1S/C20H20N4O2S/c1-26-20-5-3-17(13-19(20)23-10-7-22-8-11-23)27(25)24-9-6-16-12-15(14-21)2-4-18(16)24/h2-6,9,12-13,22H,7-8,10-11H2,1H3. The molecule has 1 N–H and O–H groups in total. The van der Waals surface area contributed by atoms with E-state index in [1.165, 1.54) is 0 Å². The molecule has 0 spiro atoms. The first-order chi connectivity index (χ1) is 13.2. The monoisotopic (exact) mass is 380 g/mol. The Kier molecular flexibility index (Phi) is 4.94. The number of benzene rings is 2. The van der Waals surface area contributed by atoms with E-state index >= 15 is 0 Å². The number of anilines is 1. The molecule has 1 aliphatic rings. The summed E-state index contributed by atoms with van der Waals surface area (Å²) in [6.45, 7) is 3.60. The largest absolute Gasteiger partial charge is 0.587 e. The molecule has 1 unspecified atom stereocenters. The molecule has 0 amide bonds. The summed E-state index contributed by atoms with van der Waals surface area (Å²) in [6, 6.07) is 15.1. The first kappa shape index (κ1) is 17.7. The average molecular weight is 380 g/mol. The number of hydrogen-bond acceptors (Lipinski definition) is 5. The van der Waals surface area contributed by atoms with Crippen molar-refractivity contribution < 1.29 is 9.29 Å². The zero-order valence-corrected chi connectivity index (χ0v) is 15.8. The van der Waals surface area contributed by atoms with E-state index in [0.29, 0.717) is 10.5 Å². The van der Waals surface area contributed by atoms with E-state index in [9.17, 15) is 4.55 Å². The van der Waals surface area contributed by atoms with Gasteiger partial charge in [0, 0.05) is 37.6 Å². The van der Waals surface area contributed by atoms with Gasteiger partial charge in [0.15, 0.2) is 4.90 Å². The summed E-state index contributed by atoms with van der Waals surface area (Å²) in [6.07, 6.45) is 1.80. The molecule has 3 aromatic rings. The number of nitriles is 1. The number of methoxy groups -OCH3 is 1. The number of fused-ring (bicyclic) bond motifs is 1. The van der Waals surface area contributed by atoms with Gasteiger partial charge in [-0.15, -0.1) is 0 Å². The molecule has 1 fully saturated rings. The number of nitrogens with one attached hydrogen (secondary N) is 1. The van der Waals surface area contributed by atoms with E-state index < -0.39 is 11.4 Å². The van der Waals surface area contributed by atoms with Crippen molar-refractivity contribution in [3.05, 3.63) is 54.2 Å². The summed E-state index contributed by atoms with van der Waals surface area (Å²) in [7, 11) is 1.66. The first-order valence-electron chi connectivity index (χ1n) is 8.78. The highest BCUT2D eigenvalue weighted by atomic mass is 32.2. The van der Waals surface area contributed by atoms with Crippen molar-refractivity contribution in [3.8, 4) is 11.8 Å². The van der Waals surface area contributed by atoms with Crippen LogP contribution >= 0.6 is 0 Å². The van der Waals surface area contributed by atoms with Gasteiger partial charge in [-0.2, -0.15) is 9.23 Å². The average Bonchev–Trinajstić information content (AvgIpc) is 3.16. The molecule has 0 saturated carbocycles. The van der Waals surface area contributed by atoms with E-state index in [4.69, 9.17) is 10.00 Å². The minimum Gasteiger partial charge on any atom is -0.587 e. The number of hydrogen-bond donors (Lipinski definition) is 1. The number of aromatic nitrogens is 1. The van der Waals surface area contributed by atoms with Crippen LogP contribution in [0.2, 0.25) is 0 Å². The van der Waals surface area contributed by atoms with Gasteiger partial charge in [0.25, 0.3) is 0 Å². The van der Waals surface area contributed by atoms with Crippen LogP contribution in [0.3, 0.4) is 0 Å². The van der Waals surface area contributed by atoms with Crippen LogP contribution in [0.4, 0.5) is 5.69 Å². The molecule has 2 heterocycles. The minimum absolute atomic E-state index is 0.594. The summed E-state index contributed by atoms with van der Waals surface area (Å²) in [4.78, 5) is 2.97. The van der Waals surface area contributed by atoms with Crippen LogP contribution in [0.5, 0.6) is 5.75 Å². The third-order valence-corrected chi connectivity index (χ3v) is 6.10. The Hall–Kier alpha value is -2.66. The van der Waals surface area contributed by atoms with Gasteiger partial charge in [-0.1, -0.05) is 0 Å². The highest BCUT2D eigenvalue weighted by molar-refractivity contribution is 7.90. The molecule has 1 aliphatic heterocycles. The zero-order valence-electron chi connectivity index (χ0n) is 15.0. The smallest absolute Gasteiger partial charge is 0.182 e. The lowest BCUT2D eigenvalue weighted by Gasteiger charge is -2.30. The molecule has 7 heteroatoms. The SMILES string of the molecule is COc1ccc([S+]([O-])n2ccc3cc(C#N)ccc32)cc1N1CCNCC1. The van der Waals surface area contributed by atoms with Crippen LogP contribution in [-0.4, -0.2) is 41.8 Å². The second-order valence-electron chi connectivity index (χ2n) is 6.35. The Morgan fingerprint density at radius 1 is 1.15 bits per heavy atom. The molecule has 27 heavy (non-hydrogen) atoms. The topological polar surface area (TPSA) is 76.3 Å². The normalized spacial score (nSPS) is 15.5. The van der Waals surface area contributed by atoms with Crippen molar-refractivity contribution in [2.75, 3.05) is 38.2 Å². The Labute approximate surface area is 161 Å². The number of nitrogens with zero attached hydrogens (tertiary/aromatic N) is 3. The van der Waals surface area contributed by atoms with Gasteiger partial charge in [0.1, 0.15) is 17.1 Å². The van der Waals surface area contributed by atoms with E-state index in [2.05, 4.69) is 16.3 Å². The molecule has 4 rings (SSSR count). The van der Waals surface area contributed by atoms with Crippen molar-refractivity contribution in [1.29, 1.82) is 5.26 Å². The van der Waals surface area contributed by atoms with Crippen molar-refractivity contribution in [1.82, 2.24) is 9.29 Å². The minimum atomic E-state index is -1.39. The predicted octanol–water partition coefficient (Wildman–Crippen LogP) is 2.50. The molecule has 2 aromatic carbocycles. The second kappa shape index (κ2) is 7.53. The molecular weight excluding hydrogens is 360 g/mol. The van der Waals surface area contributed by atoms with Gasteiger partial charge < -0.3 is 19.5 Å². The van der Waals surface area contributed by atoms with E-state index in [1.54, 1.807) is 23.3 Å². The first-order valence-corrected chi connectivity index (χ1v) is 9.89. The number of ether oxygens (including phenoxy) is 1. The molecule has 6 nitrogen and oxygen atoms in total. The van der Waals surface area contributed by atoms with Crippen LogP contribution in [-0.2, 0) is 11.4 Å². The molecule has 1 saturated heterocycles. The van der Waals surface area contributed by atoms with Crippen molar-refractivity contribution in [3.63, 3.8) is 0 Å². The fourth-order valence-electron chi connectivity index (χ4n) is 3.38. The Balaban J connectivity index is 1.71. The fraction of sp³-hybridized carbons (Fsp3) is 0.250. The summed E-state index contributed by atoms with van der Waals surface area (Å²) in [5, 5.41) is 13.3. The Morgan fingerprint density at radius 3 is 2.70 bits per heavy atom. The molecule has 1 aromatic heterocycles. The fourth-order valence-corrected chi connectivity index (χ4v) is 4.52. The summed E-state index contributed by atoms with van der Waals surface area (Å²) in [5.74, 6) is 0.786. The lowest BCUT2D eigenvalue weighted by molar-refractivity contribution is 0.412. The predicted molar refractivity (Wildman–Crippen MR) is 107 cm³/mol. The molecule has 0 radical (unpaired) electrons. The molecule has 0 bridgehead atoms. The van der Waals surface area contributed by atoms with Gasteiger partial charge in [-0.05, 0) is 36.4 Å². The van der Waals surface area contributed by atoms with E-state index in [-0.39, 0.29) is 0 Å². The van der Waals surface area contributed by atoms with Gasteiger partial charge >= 0.3 is 0 Å². The van der Waals surface area contributed by atoms with Crippen LogP contribution in [0, 0.1) is 11.3 Å². The Morgan fingerprint density at radius 2 is 1.96 bits per heavy atom. The quantitative estimate of drug-likeness (QED) is 0.704. The maximum atomic E-state index is 13.2. The number of piperazine rings is 1. The van der Waals surface area contributed by atoms with Crippen LogP contribution in [0.1, 0.15) is 5.56 Å². The highest BCUT2D eigenvalue weighted by Gasteiger charge is 2.22. The molecule has 1 atom stereocenters. The summed E-state index contributed by atoms with van der Waals surface area (Å²) < 4.78 is 20.5. The Bertz CT molecular complexity index is 1000. The second-order valence-corrected chi connectivity index (χ2v) is 7.71. The van der Waals surface area contributed by atoms with Crippen molar-refractivity contribution >= 4 is 28.0 Å². The molecule has 138 valence electrons. The molecule has 0 aliphatic carbocycles. The molecular formula is C20H20N4O2S. The third-order valence-electron chi connectivity index (χ3n) is 4.77. The highest BCUT2D eigenvalue weighted by Crippen LogP contribution is 2.33. The van der Waals surface area contributed by atoms with Gasteiger partial charge in [-0.25, -0.2) is 0 Å². The van der Waals surface area contributed by atoms with Crippen LogP contribution in [0.25, 0.3) is 10.9 Å². The lowest BCUT2D eigenvalue weighted by Crippen LogP contribution is -2.43. The summed E-state index contributed by atoms with van der Waals surface area (Å²) in [5.41, 5.74) is 2.40. The van der Waals surface area contributed by atoms with Crippen LogP contribution in [0.15, 0.2) is 53.6 Å². The zero-order chi connectivity index (χ0) is 18.8.